The number of hydrogen-bond donors (Lipinski definition) is 0. The maximum atomic E-state index is 4.59. The molecular formula is C14H30N2. The first-order valence-corrected chi connectivity index (χ1v) is 6.15. The fraction of sp³-hybridized carbons (Fsp3) is 1.00. The van der Waals surface area contributed by atoms with Gasteiger partial charge in [0.15, 0.2) is 0 Å². The lowest BCUT2D eigenvalue weighted by molar-refractivity contribution is 0.182. The molecule has 0 fully saturated rings. The Hall–Kier alpha value is -0.400. The summed E-state index contributed by atoms with van der Waals surface area (Å²) in [4.78, 5) is 0. The van der Waals surface area contributed by atoms with Gasteiger partial charge in [-0.2, -0.15) is 10.2 Å². The minimum Gasteiger partial charge on any atom is -0.187 e. The Labute approximate surface area is 102 Å². The first-order chi connectivity index (χ1) is 6.71. The Kier molecular flexibility index (Phi) is 4.02. The van der Waals surface area contributed by atoms with Gasteiger partial charge in [-0.25, -0.2) is 0 Å². The molecule has 0 spiro atoms. The molecule has 0 radical (unpaired) electrons. The Morgan fingerprint density at radius 2 is 0.625 bits per heavy atom. The Morgan fingerprint density at radius 3 is 0.750 bits per heavy atom. The van der Waals surface area contributed by atoms with E-state index in [0.717, 1.165) is 0 Å². The highest BCUT2D eigenvalue weighted by molar-refractivity contribution is 4.93. The van der Waals surface area contributed by atoms with Crippen molar-refractivity contribution in [3.8, 4) is 0 Å². The van der Waals surface area contributed by atoms with Gasteiger partial charge in [-0.1, -0.05) is 41.5 Å². The molecule has 0 unspecified atom stereocenters. The molecule has 96 valence electrons. The van der Waals surface area contributed by atoms with E-state index in [1.807, 2.05) is 0 Å². The van der Waals surface area contributed by atoms with Crippen LogP contribution < -0.4 is 0 Å². The van der Waals surface area contributed by atoms with Crippen molar-refractivity contribution in [2.45, 2.75) is 80.3 Å². The molecule has 0 saturated carbocycles. The molecule has 0 atom stereocenters. The molecule has 0 bridgehead atoms. The van der Waals surface area contributed by atoms with Gasteiger partial charge in [-0.3, -0.25) is 0 Å². The highest BCUT2D eigenvalue weighted by Crippen LogP contribution is 2.37. The lowest BCUT2D eigenvalue weighted by Crippen LogP contribution is -2.38. The molecule has 2 nitrogen and oxygen atoms in total. The average molecular weight is 226 g/mol. The first kappa shape index (κ1) is 15.6. The van der Waals surface area contributed by atoms with Gasteiger partial charge in [0, 0.05) is 0 Å². The van der Waals surface area contributed by atoms with Gasteiger partial charge in [0.05, 0.1) is 11.1 Å². The van der Waals surface area contributed by atoms with Crippen molar-refractivity contribution < 1.29 is 0 Å². The second kappa shape index (κ2) is 4.12. The van der Waals surface area contributed by atoms with Crippen molar-refractivity contribution in [2.24, 2.45) is 21.1 Å². The molecule has 2 heteroatoms. The SMILES string of the molecule is CC(C)(C)C(C)(C)/N=N/C(C)(C)C(C)(C)C. The van der Waals surface area contributed by atoms with Crippen LogP contribution in [0.3, 0.4) is 0 Å². The summed E-state index contributed by atoms with van der Waals surface area (Å²) in [6.45, 7) is 21.8. The Morgan fingerprint density at radius 1 is 0.438 bits per heavy atom. The van der Waals surface area contributed by atoms with E-state index in [1.165, 1.54) is 0 Å². The Bertz CT molecular complexity index is 231. The topological polar surface area (TPSA) is 24.7 Å². The van der Waals surface area contributed by atoms with Crippen molar-refractivity contribution in [3.63, 3.8) is 0 Å². The van der Waals surface area contributed by atoms with Crippen LogP contribution in [0, 0.1) is 10.8 Å². The summed E-state index contributed by atoms with van der Waals surface area (Å²) in [5.74, 6) is 0. The minimum absolute atomic E-state index is 0.129. The van der Waals surface area contributed by atoms with E-state index >= 15 is 0 Å². The zero-order valence-corrected chi connectivity index (χ0v) is 12.9. The first-order valence-electron chi connectivity index (χ1n) is 6.15. The summed E-state index contributed by atoms with van der Waals surface area (Å²) < 4.78 is 0. The molecule has 0 amide bonds. The summed E-state index contributed by atoms with van der Waals surface area (Å²) in [6, 6.07) is 0. The largest absolute Gasteiger partial charge is 0.187 e. The lowest BCUT2D eigenvalue weighted by Gasteiger charge is -2.38. The van der Waals surface area contributed by atoms with Crippen LogP contribution in [-0.4, -0.2) is 11.1 Å². The zero-order valence-electron chi connectivity index (χ0n) is 12.9. The molecule has 0 heterocycles. The summed E-state index contributed by atoms with van der Waals surface area (Å²) in [7, 11) is 0. The normalized spacial score (nSPS) is 15.9. The second-order valence-electron chi connectivity index (χ2n) is 7.82. The molecule has 0 rings (SSSR count). The van der Waals surface area contributed by atoms with Crippen LogP contribution in [0.15, 0.2) is 10.2 Å². The van der Waals surface area contributed by atoms with Gasteiger partial charge < -0.3 is 0 Å². The fourth-order valence-corrected chi connectivity index (χ4v) is 0.550. The van der Waals surface area contributed by atoms with Gasteiger partial charge in [0.25, 0.3) is 0 Å². The van der Waals surface area contributed by atoms with Gasteiger partial charge in [0.2, 0.25) is 0 Å². The third-order valence-corrected chi connectivity index (χ3v) is 4.22. The smallest absolute Gasteiger partial charge is 0.0808 e. The highest BCUT2D eigenvalue weighted by Gasteiger charge is 2.36. The third kappa shape index (κ3) is 3.57. The minimum atomic E-state index is -0.129. The lowest BCUT2D eigenvalue weighted by atomic mass is 9.76. The van der Waals surface area contributed by atoms with E-state index in [4.69, 9.17) is 0 Å². The van der Waals surface area contributed by atoms with Crippen LogP contribution in [-0.2, 0) is 0 Å². The number of hydrogen-bond acceptors (Lipinski definition) is 2. The number of nitrogens with zero attached hydrogens (tertiary/aromatic N) is 2. The molecule has 0 N–H and O–H groups in total. The van der Waals surface area contributed by atoms with E-state index in [1.54, 1.807) is 0 Å². The maximum absolute atomic E-state index is 4.59. The zero-order chi connectivity index (χ0) is 13.4. The van der Waals surface area contributed by atoms with Crippen molar-refractivity contribution in [3.05, 3.63) is 0 Å². The van der Waals surface area contributed by atoms with Crippen LogP contribution in [0.1, 0.15) is 69.2 Å². The summed E-state index contributed by atoms with van der Waals surface area (Å²) in [5.41, 5.74) is -0.0000312. The van der Waals surface area contributed by atoms with Crippen molar-refractivity contribution in [2.75, 3.05) is 0 Å². The van der Waals surface area contributed by atoms with Crippen molar-refractivity contribution in [1.29, 1.82) is 0 Å². The fourth-order valence-electron chi connectivity index (χ4n) is 0.550. The predicted octanol–water partition coefficient (Wildman–Crippen LogP) is 5.09. The molecule has 0 aromatic rings. The average Bonchev–Trinajstić information content (AvgIpc) is 1.97. The van der Waals surface area contributed by atoms with Crippen LogP contribution in [0.4, 0.5) is 0 Å². The van der Waals surface area contributed by atoms with Gasteiger partial charge in [-0.05, 0) is 38.5 Å². The van der Waals surface area contributed by atoms with E-state index in [9.17, 15) is 0 Å². The molecule has 0 aromatic heterocycles. The molecule has 0 aliphatic rings. The monoisotopic (exact) mass is 226 g/mol. The standard InChI is InChI=1S/C14H30N2/c1-11(2,3)13(7,8)15-16-14(9,10)12(4,5)6/h1-10H3/b16-15+. The van der Waals surface area contributed by atoms with Crippen LogP contribution in [0.2, 0.25) is 0 Å². The van der Waals surface area contributed by atoms with Crippen LogP contribution >= 0.6 is 0 Å². The van der Waals surface area contributed by atoms with E-state index in [0.29, 0.717) is 0 Å². The number of rotatable bonds is 2. The predicted molar refractivity (Wildman–Crippen MR) is 71.9 cm³/mol. The molecule has 0 aromatic carbocycles. The maximum Gasteiger partial charge on any atom is 0.0808 e. The summed E-state index contributed by atoms with van der Waals surface area (Å²) in [6.07, 6.45) is 0. The summed E-state index contributed by atoms with van der Waals surface area (Å²) in [5, 5.41) is 9.18. The highest BCUT2D eigenvalue weighted by atomic mass is 15.2. The molecule has 0 aliphatic heterocycles. The quantitative estimate of drug-likeness (QED) is 0.586. The van der Waals surface area contributed by atoms with Crippen LogP contribution in [0.25, 0.3) is 0 Å². The van der Waals surface area contributed by atoms with Gasteiger partial charge >= 0.3 is 0 Å². The summed E-state index contributed by atoms with van der Waals surface area (Å²) >= 11 is 0. The third-order valence-electron chi connectivity index (χ3n) is 4.22. The van der Waals surface area contributed by atoms with E-state index in [2.05, 4.69) is 79.5 Å². The molecule has 0 saturated heterocycles. The Balaban J connectivity index is 5.01. The molecule has 16 heavy (non-hydrogen) atoms. The van der Waals surface area contributed by atoms with Crippen molar-refractivity contribution in [1.82, 2.24) is 0 Å². The molecular weight excluding hydrogens is 196 g/mol. The van der Waals surface area contributed by atoms with Crippen molar-refractivity contribution >= 4 is 0 Å². The van der Waals surface area contributed by atoms with Gasteiger partial charge in [0.1, 0.15) is 0 Å². The molecule has 0 aliphatic carbocycles. The second-order valence-corrected chi connectivity index (χ2v) is 7.82. The van der Waals surface area contributed by atoms with E-state index in [-0.39, 0.29) is 21.9 Å². The van der Waals surface area contributed by atoms with Crippen LogP contribution in [0.5, 0.6) is 0 Å². The number of azo groups is 1. The van der Waals surface area contributed by atoms with Gasteiger partial charge in [-0.15, -0.1) is 0 Å². The van der Waals surface area contributed by atoms with E-state index < -0.39 is 0 Å².